The maximum atomic E-state index is 10.5. The van der Waals surface area contributed by atoms with Crippen LogP contribution in [0.2, 0.25) is 0 Å². The van der Waals surface area contributed by atoms with Gasteiger partial charge in [0, 0.05) is 34.6 Å². The van der Waals surface area contributed by atoms with E-state index in [1.165, 1.54) is 26.2 Å². The minimum Gasteiger partial charge on any atom is -0.506 e. The molecule has 0 saturated heterocycles. The van der Waals surface area contributed by atoms with Crippen molar-refractivity contribution in [3.63, 3.8) is 0 Å². The van der Waals surface area contributed by atoms with Gasteiger partial charge >= 0.3 is 0 Å². The van der Waals surface area contributed by atoms with Gasteiger partial charge in [-0.3, -0.25) is 9.97 Å². The Kier molecular flexibility index (Phi) is 5.35. The number of aromatic hydroxyl groups is 2. The van der Waals surface area contributed by atoms with Crippen LogP contribution in [0.4, 0.5) is 0 Å². The summed E-state index contributed by atoms with van der Waals surface area (Å²) in [5.74, 6) is -0.715. The molecule has 0 aromatic carbocycles. The number of aryl methyl sites for hydroxylation is 2. The van der Waals surface area contributed by atoms with Gasteiger partial charge in [0.1, 0.15) is 23.7 Å². The maximum Gasteiger partial charge on any atom is 0.143 e. The van der Waals surface area contributed by atoms with Crippen molar-refractivity contribution in [2.24, 2.45) is 0 Å². The van der Waals surface area contributed by atoms with Gasteiger partial charge < -0.3 is 30.6 Å². The smallest absolute Gasteiger partial charge is 0.143 e. The fourth-order valence-electron chi connectivity index (χ4n) is 2.53. The van der Waals surface area contributed by atoms with Crippen LogP contribution in [0, 0.1) is 13.8 Å². The van der Waals surface area contributed by atoms with Crippen LogP contribution in [0.15, 0.2) is 12.4 Å². The third-order valence-electron chi connectivity index (χ3n) is 3.95. The normalized spacial score (nSPS) is 13.8. The molecule has 0 aliphatic heterocycles. The van der Waals surface area contributed by atoms with E-state index < -0.39 is 25.4 Å². The van der Waals surface area contributed by atoms with E-state index in [9.17, 15) is 30.6 Å². The number of hydrogen-bond donors (Lipinski definition) is 6. The van der Waals surface area contributed by atoms with E-state index in [4.69, 9.17) is 0 Å². The summed E-state index contributed by atoms with van der Waals surface area (Å²) < 4.78 is 0. The molecule has 0 bridgehead atoms. The Bertz CT molecular complexity index is 686. The first-order chi connectivity index (χ1) is 11.3. The van der Waals surface area contributed by atoms with E-state index in [1.807, 2.05) is 0 Å². The van der Waals surface area contributed by atoms with E-state index in [-0.39, 0.29) is 45.1 Å². The zero-order chi connectivity index (χ0) is 18.0. The molecule has 2 rings (SSSR count). The van der Waals surface area contributed by atoms with Gasteiger partial charge in [0.25, 0.3) is 0 Å². The van der Waals surface area contributed by atoms with Gasteiger partial charge in [0.15, 0.2) is 0 Å². The Morgan fingerprint density at radius 1 is 0.792 bits per heavy atom. The Morgan fingerprint density at radius 2 is 1.12 bits per heavy atom. The molecule has 24 heavy (non-hydrogen) atoms. The van der Waals surface area contributed by atoms with E-state index in [2.05, 4.69) is 9.97 Å². The lowest BCUT2D eigenvalue weighted by Gasteiger charge is -2.24. The van der Waals surface area contributed by atoms with Crippen LogP contribution in [0.3, 0.4) is 0 Å². The highest BCUT2D eigenvalue weighted by Crippen LogP contribution is 2.41. The molecule has 0 saturated carbocycles. The highest BCUT2D eigenvalue weighted by molar-refractivity contribution is 5.47. The molecule has 2 aromatic heterocycles. The molecule has 130 valence electrons. The molecule has 0 spiro atoms. The summed E-state index contributed by atoms with van der Waals surface area (Å²) in [7, 11) is 0. The first-order valence-corrected chi connectivity index (χ1v) is 7.25. The van der Waals surface area contributed by atoms with E-state index in [0.717, 1.165) is 0 Å². The van der Waals surface area contributed by atoms with Crippen LogP contribution >= 0.6 is 0 Å². The summed E-state index contributed by atoms with van der Waals surface area (Å²) in [5, 5.41) is 60.2. The number of aromatic nitrogens is 2. The van der Waals surface area contributed by atoms with Crippen molar-refractivity contribution in [3.8, 4) is 11.5 Å². The summed E-state index contributed by atoms with van der Waals surface area (Å²) in [5.41, 5.74) is 0.531. The molecule has 0 aliphatic carbocycles. The molecule has 8 nitrogen and oxygen atoms in total. The van der Waals surface area contributed by atoms with Gasteiger partial charge in [-0.1, -0.05) is 0 Å². The molecular weight excluding hydrogens is 316 g/mol. The highest BCUT2D eigenvalue weighted by atomic mass is 16.3. The lowest BCUT2D eigenvalue weighted by molar-refractivity contribution is 0.0119. The molecule has 2 aromatic rings. The summed E-state index contributed by atoms with van der Waals surface area (Å²) in [6.45, 7) is 2.00. The largest absolute Gasteiger partial charge is 0.506 e. The number of aliphatic hydroxyl groups is 4. The Balaban J connectivity index is 2.58. The number of pyridine rings is 2. The highest BCUT2D eigenvalue weighted by Gasteiger charge is 2.30. The molecule has 2 atom stereocenters. The second-order valence-corrected chi connectivity index (χ2v) is 5.47. The van der Waals surface area contributed by atoms with Gasteiger partial charge in [-0.2, -0.15) is 0 Å². The standard InChI is InChI=1S/C16H20N2O6/c1-7-13(21)11(9(5-19)3-17-7)15(23)16(24)12-10(6-20)4-18-8(2)14(12)22/h3-4,15-16,19-24H,5-6H2,1-2H3. The predicted octanol–water partition coefficient (Wildman–Crippen LogP) is 0.256. The zero-order valence-corrected chi connectivity index (χ0v) is 13.3. The van der Waals surface area contributed by atoms with Crippen molar-refractivity contribution >= 4 is 0 Å². The van der Waals surface area contributed by atoms with E-state index in [0.29, 0.717) is 0 Å². The molecule has 0 fully saturated rings. The summed E-state index contributed by atoms with van der Waals surface area (Å²) in [6.07, 6.45) is -0.755. The number of nitrogens with zero attached hydrogens (tertiary/aromatic N) is 2. The zero-order valence-electron chi connectivity index (χ0n) is 13.3. The van der Waals surface area contributed by atoms with Gasteiger partial charge in [-0.15, -0.1) is 0 Å². The monoisotopic (exact) mass is 336 g/mol. The molecule has 0 aliphatic rings. The van der Waals surface area contributed by atoms with Gasteiger partial charge in [0.2, 0.25) is 0 Å². The first-order valence-electron chi connectivity index (χ1n) is 7.25. The fourth-order valence-corrected chi connectivity index (χ4v) is 2.53. The summed E-state index contributed by atoms with van der Waals surface area (Å²) in [4.78, 5) is 7.78. The topological polar surface area (TPSA) is 147 Å². The van der Waals surface area contributed by atoms with E-state index in [1.54, 1.807) is 0 Å². The lowest BCUT2D eigenvalue weighted by Crippen LogP contribution is -2.16. The average molecular weight is 336 g/mol. The molecule has 2 heterocycles. The van der Waals surface area contributed by atoms with Crippen LogP contribution < -0.4 is 0 Å². The van der Waals surface area contributed by atoms with Crippen LogP contribution in [0.25, 0.3) is 0 Å². The molecule has 6 N–H and O–H groups in total. The molecule has 8 heteroatoms. The van der Waals surface area contributed by atoms with Crippen LogP contribution in [0.5, 0.6) is 11.5 Å². The fraction of sp³-hybridized carbons (Fsp3) is 0.375. The van der Waals surface area contributed by atoms with Gasteiger partial charge in [0.05, 0.1) is 24.6 Å². The summed E-state index contributed by atoms with van der Waals surface area (Å²) >= 11 is 0. The van der Waals surface area contributed by atoms with Crippen molar-refractivity contribution < 1.29 is 30.6 Å². The summed E-state index contributed by atoms with van der Waals surface area (Å²) in [6, 6.07) is 0. The SMILES string of the molecule is Cc1ncc(CO)c(C(O)C(O)c2c(CO)cnc(C)c2O)c1O. The molecular formula is C16H20N2O6. The van der Waals surface area contributed by atoms with Crippen molar-refractivity contribution in [1.29, 1.82) is 0 Å². The molecule has 2 unspecified atom stereocenters. The van der Waals surface area contributed by atoms with Crippen LogP contribution in [-0.4, -0.2) is 40.6 Å². The van der Waals surface area contributed by atoms with Crippen molar-refractivity contribution in [2.45, 2.75) is 39.3 Å². The molecule has 0 amide bonds. The minimum atomic E-state index is -1.66. The Labute approximate surface area is 138 Å². The predicted molar refractivity (Wildman–Crippen MR) is 83.0 cm³/mol. The third-order valence-corrected chi connectivity index (χ3v) is 3.95. The third kappa shape index (κ3) is 3.04. The number of aliphatic hydroxyl groups excluding tert-OH is 4. The van der Waals surface area contributed by atoms with Gasteiger partial charge in [-0.25, -0.2) is 0 Å². The quantitative estimate of drug-likeness (QED) is 0.455. The second-order valence-electron chi connectivity index (χ2n) is 5.47. The number of rotatable bonds is 5. The van der Waals surface area contributed by atoms with Crippen molar-refractivity contribution in [2.75, 3.05) is 0 Å². The maximum absolute atomic E-state index is 10.5. The first kappa shape index (κ1) is 18.1. The number of hydrogen-bond acceptors (Lipinski definition) is 8. The van der Waals surface area contributed by atoms with Crippen LogP contribution in [0.1, 0.15) is 45.8 Å². The molecule has 0 radical (unpaired) electrons. The van der Waals surface area contributed by atoms with Gasteiger partial charge in [-0.05, 0) is 13.8 Å². The van der Waals surface area contributed by atoms with Crippen LogP contribution in [-0.2, 0) is 13.2 Å². The van der Waals surface area contributed by atoms with E-state index >= 15 is 0 Å². The second kappa shape index (κ2) is 7.10. The lowest BCUT2D eigenvalue weighted by atomic mass is 9.92. The Hall–Kier alpha value is -2.26. The van der Waals surface area contributed by atoms with Crippen molar-refractivity contribution in [1.82, 2.24) is 9.97 Å². The average Bonchev–Trinajstić information content (AvgIpc) is 2.58. The Morgan fingerprint density at radius 3 is 1.42 bits per heavy atom. The minimum absolute atomic E-state index is 0.0877. The van der Waals surface area contributed by atoms with Crippen molar-refractivity contribution in [3.05, 3.63) is 46.0 Å².